The van der Waals surface area contributed by atoms with Gasteiger partial charge < -0.3 is 10.6 Å². The minimum absolute atomic E-state index is 0.0853. The third-order valence-electron chi connectivity index (χ3n) is 2.89. The van der Waals surface area contributed by atoms with Gasteiger partial charge in [-0.25, -0.2) is 0 Å². The largest absolute Gasteiger partial charge is 0.370 e. The Bertz CT molecular complexity index is 517. The van der Waals surface area contributed by atoms with Gasteiger partial charge in [-0.3, -0.25) is 5.41 Å². The fourth-order valence-corrected chi connectivity index (χ4v) is 1.79. The van der Waals surface area contributed by atoms with Crippen molar-refractivity contribution in [2.24, 2.45) is 5.73 Å². The van der Waals surface area contributed by atoms with E-state index in [4.69, 9.17) is 11.1 Å². The van der Waals surface area contributed by atoms with Crippen molar-refractivity contribution in [3.63, 3.8) is 0 Å². The van der Waals surface area contributed by atoms with E-state index in [1.165, 1.54) is 11.1 Å². The molecule has 0 unspecified atom stereocenters. The molecule has 0 amide bonds. The molecule has 0 heterocycles. The summed E-state index contributed by atoms with van der Waals surface area (Å²) in [5.41, 5.74) is 8.97. The van der Waals surface area contributed by atoms with Crippen molar-refractivity contribution in [3.05, 3.63) is 60.2 Å². The van der Waals surface area contributed by atoms with Crippen LogP contribution in [0.15, 0.2) is 54.6 Å². The van der Waals surface area contributed by atoms with Gasteiger partial charge in [0.25, 0.3) is 0 Å². The second kappa shape index (κ2) is 5.36. The summed E-state index contributed by atoms with van der Waals surface area (Å²) in [4.78, 5) is 1.71. The summed E-state index contributed by atoms with van der Waals surface area (Å²) in [7, 11) is 1.81. The van der Waals surface area contributed by atoms with Crippen molar-refractivity contribution in [2.45, 2.75) is 6.54 Å². The summed E-state index contributed by atoms with van der Waals surface area (Å²) < 4.78 is 0. The Kier molecular flexibility index (Phi) is 3.63. The third-order valence-corrected chi connectivity index (χ3v) is 2.89. The van der Waals surface area contributed by atoms with Crippen molar-refractivity contribution in [1.29, 1.82) is 5.41 Å². The van der Waals surface area contributed by atoms with Gasteiger partial charge in [0, 0.05) is 13.6 Å². The number of guanidine groups is 1. The first-order chi connectivity index (χ1) is 8.66. The van der Waals surface area contributed by atoms with Crippen molar-refractivity contribution in [1.82, 2.24) is 4.90 Å². The van der Waals surface area contributed by atoms with E-state index in [1.807, 2.05) is 25.2 Å². The van der Waals surface area contributed by atoms with Gasteiger partial charge in [0.1, 0.15) is 0 Å². The second-order valence-corrected chi connectivity index (χ2v) is 4.30. The number of rotatable bonds is 3. The topological polar surface area (TPSA) is 53.1 Å². The highest BCUT2D eigenvalue weighted by atomic mass is 15.2. The monoisotopic (exact) mass is 239 g/mol. The molecule has 0 fully saturated rings. The van der Waals surface area contributed by atoms with E-state index in [2.05, 4.69) is 36.4 Å². The Hall–Kier alpha value is -2.29. The smallest absolute Gasteiger partial charge is 0.188 e. The zero-order chi connectivity index (χ0) is 13.0. The molecule has 0 atom stereocenters. The third kappa shape index (κ3) is 2.88. The van der Waals surface area contributed by atoms with Crippen LogP contribution >= 0.6 is 0 Å². The van der Waals surface area contributed by atoms with Gasteiger partial charge in [-0.1, -0.05) is 54.6 Å². The van der Waals surface area contributed by atoms with E-state index in [1.54, 1.807) is 4.90 Å². The zero-order valence-corrected chi connectivity index (χ0v) is 10.4. The Labute approximate surface area is 107 Å². The fourth-order valence-electron chi connectivity index (χ4n) is 1.79. The van der Waals surface area contributed by atoms with Crippen LogP contribution in [-0.2, 0) is 6.54 Å². The van der Waals surface area contributed by atoms with Crippen LogP contribution in [0.1, 0.15) is 5.56 Å². The molecule has 2 rings (SSSR count). The molecule has 2 aromatic carbocycles. The Balaban J connectivity index is 2.13. The number of nitrogens with zero attached hydrogens (tertiary/aromatic N) is 1. The van der Waals surface area contributed by atoms with E-state index in [0.717, 1.165) is 5.56 Å². The number of nitrogens with one attached hydrogen (secondary N) is 1. The van der Waals surface area contributed by atoms with Crippen LogP contribution in [0.5, 0.6) is 0 Å². The molecule has 0 aromatic heterocycles. The molecule has 0 spiro atoms. The number of hydrogen-bond acceptors (Lipinski definition) is 1. The van der Waals surface area contributed by atoms with E-state index >= 15 is 0 Å². The Morgan fingerprint density at radius 1 is 1.00 bits per heavy atom. The van der Waals surface area contributed by atoms with Crippen molar-refractivity contribution in [2.75, 3.05) is 7.05 Å². The normalized spacial score (nSPS) is 10.1. The van der Waals surface area contributed by atoms with Gasteiger partial charge in [-0.05, 0) is 16.7 Å². The van der Waals surface area contributed by atoms with Gasteiger partial charge in [0.15, 0.2) is 5.96 Å². The summed E-state index contributed by atoms with van der Waals surface area (Å²) in [6.45, 7) is 0.657. The van der Waals surface area contributed by atoms with E-state index in [-0.39, 0.29) is 5.96 Å². The maximum atomic E-state index is 7.33. The maximum Gasteiger partial charge on any atom is 0.188 e. The fraction of sp³-hybridized carbons (Fsp3) is 0.133. The van der Waals surface area contributed by atoms with Gasteiger partial charge >= 0.3 is 0 Å². The summed E-state index contributed by atoms with van der Waals surface area (Å²) in [6.07, 6.45) is 0. The minimum Gasteiger partial charge on any atom is -0.370 e. The summed E-state index contributed by atoms with van der Waals surface area (Å²) >= 11 is 0. The zero-order valence-electron chi connectivity index (χ0n) is 10.4. The molecule has 0 saturated carbocycles. The van der Waals surface area contributed by atoms with Crippen molar-refractivity contribution < 1.29 is 0 Å². The highest BCUT2D eigenvalue weighted by Crippen LogP contribution is 2.19. The summed E-state index contributed by atoms with van der Waals surface area (Å²) in [5.74, 6) is 0.0853. The Morgan fingerprint density at radius 3 is 2.11 bits per heavy atom. The first-order valence-corrected chi connectivity index (χ1v) is 5.86. The quantitative estimate of drug-likeness (QED) is 0.639. The SMILES string of the molecule is CN(Cc1ccc(-c2ccccc2)cc1)C(=N)N. The first kappa shape index (κ1) is 12.2. The van der Waals surface area contributed by atoms with Crippen molar-refractivity contribution >= 4 is 5.96 Å². The van der Waals surface area contributed by atoms with Gasteiger partial charge in [-0.15, -0.1) is 0 Å². The van der Waals surface area contributed by atoms with Crippen LogP contribution in [0.2, 0.25) is 0 Å². The molecule has 92 valence electrons. The molecule has 3 heteroatoms. The summed E-state index contributed by atoms with van der Waals surface area (Å²) in [5, 5.41) is 7.33. The standard InChI is InChI=1S/C15H17N3/c1-18(15(16)17)11-12-7-9-14(10-8-12)13-5-3-2-4-6-13/h2-10H,11H2,1H3,(H3,16,17). The van der Waals surface area contributed by atoms with Crippen molar-refractivity contribution in [3.8, 4) is 11.1 Å². The van der Waals surface area contributed by atoms with Crippen LogP contribution in [0, 0.1) is 5.41 Å². The number of nitrogens with two attached hydrogens (primary N) is 1. The molecular formula is C15H17N3. The predicted molar refractivity (Wildman–Crippen MR) is 75.3 cm³/mol. The highest BCUT2D eigenvalue weighted by molar-refractivity contribution is 5.74. The van der Waals surface area contributed by atoms with Crippen LogP contribution in [0.4, 0.5) is 0 Å². The predicted octanol–water partition coefficient (Wildman–Crippen LogP) is 2.68. The van der Waals surface area contributed by atoms with Crippen LogP contribution in [0.3, 0.4) is 0 Å². The molecule has 3 nitrogen and oxygen atoms in total. The lowest BCUT2D eigenvalue weighted by atomic mass is 10.0. The molecule has 18 heavy (non-hydrogen) atoms. The van der Waals surface area contributed by atoms with E-state index in [0.29, 0.717) is 6.54 Å². The van der Waals surface area contributed by atoms with Crippen LogP contribution in [0.25, 0.3) is 11.1 Å². The number of benzene rings is 2. The highest BCUT2D eigenvalue weighted by Gasteiger charge is 2.02. The Morgan fingerprint density at radius 2 is 1.56 bits per heavy atom. The second-order valence-electron chi connectivity index (χ2n) is 4.30. The van der Waals surface area contributed by atoms with Gasteiger partial charge in [0.2, 0.25) is 0 Å². The molecule has 3 N–H and O–H groups in total. The van der Waals surface area contributed by atoms with E-state index < -0.39 is 0 Å². The van der Waals surface area contributed by atoms with Gasteiger partial charge in [0.05, 0.1) is 0 Å². The summed E-state index contributed by atoms with van der Waals surface area (Å²) in [6, 6.07) is 18.6. The molecule has 0 saturated heterocycles. The molecule has 0 aliphatic rings. The average Bonchev–Trinajstić information content (AvgIpc) is 2.40. The van der Waals surface area contributed by atoms with Crippen LogP contribution < -0.4 is 5.73 Å². The molecular weight excluding hydrogens is 222 g/mol. The average molecular weight is 239 g/mol. The minimum atomic E-state index is 0.0853. The lowest BCUT2D eigenvalue weighted by molar-refractivity contribution is 0.491. The lowest BCUT2D eigenvalue weighted by Gasteiger charge is -2.16. The molecule has 0 aliphatic carbocycles. The van der Waals surface area contributed by atoms with Crippen LogP contribution in [-0.4, -0.2) is 17.9 Å². The molecule has 0 bridgehead atoms. The van der Waals surface area contributed by atoms with E-state index in [9.17, 15) is 0 Å². The number of hydrogen-bond donors (Lipinski definition) is 2. The molecule has 0 aliphatic heterocycles. The molecule has 2 aromatic rings. The first-order valence-electron chi connectivity index (χ1n) is 5.86. The maximum absolute atomic E-state index is 7.33. The van der Waals surface area contributed by atoms with Gasteiger partial charge in [-0.2, -0.15) is 0 Å². The molecule has 0 radical (unpaired) electrons. The lowest BCUT2D eigenvalue weighted by Crippen LogP contribution is -2.32.